The first-order valence-corrected chi connectivity index (χ1v) is 6.76. The van der Waals surface area contributed by atoms with Crippen molar-refractivity contribution in [1.29, 1.82) is 0 Å². The summed E-state index contributed by atoms with van der Waals surface area (Å²) in [4.78, 5) is 0. The van der Waals surface area contributed by atoms with Crippen LogP contribution in [0.2, 0.25) is 0 Å². The van der Waals surface area contributed by atoms with Crippen LogP contribution in [-0.2, 0) is 13.0 Å². The predicted octanol–water partition coefficient (Wildman–Crippen LogP) is 4.00. The maximum atomic E-state index is 5.67. The molecule has 0 saturated carbocycles. The van der Waals surface area contributed by atoms with Gasteiger partial charge < -0.3 is 10.2 Å². The van der Waals surface area contributed by atoms with Crippen molar-refractivity contribution in [2.45, 2.75) is 13.0 Å². The number of rotatable bonds is 4. The lowest BCUT2D eigenvalue weighted by atomic mass is 10.0. The summed E-state index contributed by atoms with van der Waals surface area (Å²) in [5, 5.41) is 0. The van der Waals surface area contributed by atoms with Crippen molar-refractivity contribution in [1.82, 2.24) is 0 Å². The molecule has 0 unspecified atom stereocenters. The summed E-state index contributed by atoms with van der Waals surface area (Å²) in [6, 6.07) is 21.0. The van der Waals surface area contributed by atoms with Crippen molar-refractivity contribution in [3.8, 4) is 11.1 Å². The second kappa shape index (κ2) is 5.76. The molecule has 0 aliphatic rings. The highest BCUT2D eigenvalue weighted by Gasteiger charge is 2.06. The molecule has 0 saturated heterocycles. The monoisotopic (exact) mass is 263 g/mol. The fraction of sp³-hybridized carbons (Fsp3) is 0.111. The average molecular weight is 263 g/mol. The van der Waals surface area contributed by atoms with E-state index < -0.39 is 0 Å². The van der Waals surface area contributed by atoms with Crippen molar-refractivity contribution in [3.63, 3.8) is 0 Å². The Hall–Kier alpha value is -2.32. The molecule has 0 aliphatic heterocycles. The third-order valence-electron chi connectivity index (χ3n) is 3.45. The van der Waals surface area contributed by atoms with Crippen LogP contribution in [0.4, 0.5) is 0 Å². The van der Waals surface area contributed by atoms with Crippen molar-refractivity contribution < 1.29 is 4.42 Å². The average Bonchev–Trinajstić information content (AvgIpc) is 2.98. The molecular formula is C18H17NO. The fourth-order valence-electron chi connectivity index (χ4n) is 2.39. The lowest BCUT2D eigenvalue weighted by molar-refractivity contribution is 0.513. The summed E-state index contributed by atoms with van der Waals surface area (Å²) < 4.78 is 5.37. The first kappa shape index (κ1) is 12.7. The lowest BCUT2D eigenvalue weighted by Gasteiger charge is -2.05. The van der Waals surface area contributed by atoms with Crippen LogP contribution in [0, 0.1) is 0 Å². The van der Waals surface area contributed by atoms with E-state index in [1.807, 2.05) is 12.1 Å². The highest BCUT2D eigenvalue weighted by molar-refractivity contribution is 5.65. The maximum absolute atomic E-state index is 5.67. The largest absolute Gasteiger partial charge is 0.467 e. The van der Waals surface area contributed by atoms with Crippen LogP contribution in [0.15, 0.2) is 71.3 Å². The van der Waals surface area contributed by atoms with Crippen LogP contribution >= 0.6 is 0 Å². The van der Waals surface area contributed by atoms with E-state index >= 15 is 0 Å². The van der Waals surface area contributed by atoms with Crippen molar-refractivity contribution in [2.24, 2.45) is 5.73 Å². The Balaban J connectivity index is 1.81. The second-order valence-electron chi connectivity index (χ2n) is 4.82. The molecule has 1 heterocycles. The van der Waals surface area contributed by atoms with Gasteiger partial charge in [0.15, 0.2) is 0 Å². The quantitative estimate of drug-likeness (QED) is 0.772. The van der Waals surface area contributed by atoms with Gasteiger partial charge in [0.2, 0.25) is 0 Å². The SMILES string of the molecule is NCc1occc1-c1ccc(Cc2ccccc2)cc1. The van der Waals surface area contributed by atoms with Crippen molar-refractivity contribution in [3.05, 3.63) is 83.8 Å². The molecule has 0 atom stereocenters. The molecule has 3 aromatic rings. The second-order valence-corrected chi connectivity index (χ2v) is 4.82. The number of furan rings is 1. The summed E-state index contributed by atoms with van der Waals surface area (Å²) in [6.07, 6.45) is 2.64. The smallest absolute Gasteiger partial charge is 0.125 e. The fourth-order valence-corrected chi connectivity index (χ4v) is 2.39. The van der Waals surface area contributed by atoms with Gasteiger partial charge in [-0.1, -0.05) is 54.6 Å². The molecule has 0 aliphatic carbocycles. The van der Waals surface area contributed by atoms with Gasteiger partial charge in [0.1, 0.15) is 5.76 Å². The Labute approximate surface area is 118 Å². The molecule has 20 heavy (non-hydrogen) atoms. The highest BCUT2D eigenvalue weighted by Crippen LogP contribution is 2.25. The standard InChI is InChI=1S/C18H17NO/c19-13-18-17(10-11-20-18)16-8-6-15(7-9-16)12-14-4-2-1-3-5-14/h1-11H,12-13,19H2. The Kier molecular flexibility index (Phi) is 3.66. The molecule has 2 heteroatoms. The summed E-state index contributed by atoms with van der Waals surface area (Å²) in [5.41, 5.74) is 10.5. The number of hydrogen-bond acceptors (Lipinski definition) is 2. The molecule has 0 radical (unpaired) electrons. The summed E-state index contributed by atoms with van der Waals surface area (Å²) in [7, 11) is 0. The Morgan fingerprint density at radius 2 is 1.50 bits per heavy atom. The Morgan fingerprint density at radius 1 is 0.800 bits per heavy atom. The molecule has 1 aromatic heterocycles. The van der Waals surface area contributed by atoms with Crippen LogP contribution in [0.3, 0.4) is 0 Å². The van der Waals surface area contributed by atoms with Crippen LogP contribution in [0.1, 0.15) is 16.9 Å². The van der Waals surface area contributed by atoms with Crippen LogP contribution in [0.5, 0.6) is 0 Å². The molecule has 0 bridgehead atoms. The van der Waals surface area contributed by atoms with Gasteiger partial charge in [0.05, 0.1) is 12.8 Å². The molecule has 2 aromatic carbocycles. The maximum Gasteiger partial charge on any atom is 0.125 e. The molecule has 0 spiro atoms. The van der Waals surface area contributed by atoms with Gasteiger partial charge in [0.25, 0.3) is 0 Å². The Morgan fingerprint density at radius 3 is 2.20 bits per heavy atom. The lowest BCUT2D eigenvalue weighted by Crippen LogP contribution is -1.96. The van der Waals surface area contributed by atoms with Gasteiger partial charge >= 0.3 is 0 Å². The van der Waals surface area contributed by atoms with E-state index in [1.165, 1.54) is 11.1 Å². The van der Waals surface area contributed by atoms with Crippen LogP contribution < -0.4 is 5.73 Å². The summed E-state index contributed by atoms with van der Waals surface area (Å²) >= 11 is 0. The third kappa shape index (κ3) is 2.65. The third-order valence-corrected chi connectivity index (χ3v) is 3.45. The van der Waals surface area contributed by atoms with E-state index in [0.717, 1.165) is 23.3 Å². The van der Waals surface area contributed by atoms with E-state index in [4.69, 9.17) is 10.2 Å². The minimum absolute atomic E-state index is 0.425. The van der Waals surface area contributed by atoms with Crippen molar-refractivity contribution in [2.75, 3.05) is 0 Å². The molecular weight excluding hydrogens is 246 g/mol. The number of benzene rings is 2. The van der Waals surface area contributed by atoms with Gasteiger partial charge in [-0.3, -0.25) is 0 Å². The van der Waals surface area contributed by atoms with Crippen LogP contribution in [0.25, 0.3) is 11.1 Å². The molecule has 0 amide bonds. The zero-order chi connectivity index (χ0) is 13.8. The summed E-state index contributed by atoms with van der Waals surface area (Å²) in [6.45, 7) is 0.425. The van der Waals surface area contributed by atoms with E-state index in [1.54, 1.807) is 6.26 Å². The zero-order valence-electron chi connectivity index (χ0n) is 11.3. The van der Waals surface area contributed by atoms with Gasteiger partial charge in [-0.2, -0.15) is 0 Å². The first-order valence-electron chi connectivity index (χ1n) is 6.76. The number of hydrogen-bond donors (Lipinski definition) is 1. The minimum atomic E-state index is 0.425. The van der Waals surface area contributed by atoms with Crippen molar-refractivity contribution >= 4 is 0 Å². The topological polar surface area (TPSA) is 39.2 Å². The Bertz CT molecular complexity index is 668. The molecule has 0 fully saturated rings. The van der Waals surface area contributed by atoms with Gasteiger partial charge in [0, 0.05) is 5.56 Å². The number of nitrogens with two attached hydrogens (primary N) is 1. The molecule has 3 rings (SSSR count). The van der Waals surface area contributed by atoms with E-state index in [-0.39, 0.29) is 0 Å². The van der Waals surface area contributed by atoms with Crippen LogP contribution in [-0.4, -0.2) is 0 Å². The molecule has 2 N–H and O–H groups in total. The van der Waals surface area contributed by atoms with E-state index in [0.29, 0.717) is 6.54 Å². The van der Waals surface area contributed by atoms with E-state index in [9.17, 15) is 0 Å². The molecule has 100 valence electrons. The first-order chi connectivity index (χ1) is 9.86. The predicted molar refractivity (Wildman–Crippen MR) is 81.3 cm³/mol. The zero-order valence-corrected chi connectivity index (χ0v) is 11.3. The summed E-state index contributed by atoms with van der Waals surface area (Å²) in [5.74, 6) is 0.834. The van der Waals surface area contributed by atoms with Gasteiger partial charge in [-0.15, -0.1) is 0 Å². The highest BCUT2D eigenvalue weighted by atomic mass is 16.3. The van der Waals surface area contributed by atoms with E-state index in [2.05, 4.69) is 48.5 Å². The normalized spacial score (nSPS) is 10.7. The van der Waals surface area contributed by atoms with Gasteiger partial charge in [-0.25, -0.2) is 0 Å². The minimum Gasteiger partial charge on any atom is -0.467 e. The molecule has 2 nitrogen and oxygen atoms in total. The van der Waals surface area contributed by atoms with Gasteiger partial charge in [-0.05, 0) is 29.2 Å².